The van der Waals surface area contributed by atoms with Crippen LogP contribution in [0.3, 0.4) is 0 Å². The summed E-state index contributed by atoms with van der Waals surface area (Å²) in [6.45, 7) is 1.30. The van der Waals surface area contributed by atoms with Gasteiger partial charge in [-0.25, -0.2) is 9.78 Å². The molecule has 132 valence electrons. The monoisotopic (exact) mass is 342 g/mol. The lowest BCUT2D eigenvalue weighted by molar-refractivity contribution is -0.121. The number of piperidine rings is 1. The summed E-state index contributed by atoms with van der Waals surface area (Å²) in [6, 6.07) is 9.58. The lowest BCUT2D eigenvalue weighted by Crippen LogP contribution is -2.41. The van der Waals surface area contributed by atoms with E-state index in [0.29, 0.717) is 31.9 Å². The van der Waals surface area contributed by atoms with Crippen LogP contribution in [-0.2, 0) is 23.2 Å². The number of ether oxygens (including phenoxy) is 1. The fraction of sp³-hybridized carbons (Fsp3) is 0.389. The van der Waals surface area contributed by atoms with Gasteiger partial charge in [0.15, 0.2) is 0 Å². The molecule has 1 aliphatic rings. The first-order valence-corrected chi connectivity index (χ1v) is 8.37. The number of aromatic nitrogens is 2. The average molecular weight is 342 g/mol. The number of carbonyl (C=O) groups excluding carboxylic acids is 2. The van der Waals surface area contributed by atoms with Crippen molar-refractivity contribution < 1.29 is 14.3 Å². The molecule has 1 aromatic carbocycles. The highest BCUT2D eigenvalue weighted by atomic mass is 16.6. The molecule has 0 unspecified atom stereocenters. The zero-order chi connectivity index (χ0) is 17.6. The van der Waals surface area contributed by atoms with Crippen LogP contribution in [0.25, 0.3) is 0 Å². The number of nitrogens with zero attached hydrogens (tertiary/aromatic N) is 3. The lowest BCUT2D eigenvalue weighted by Gasteiger charge is -2.30. The maximum Gasteiger partial charge on any atom is 0.410 e. The Balaban J connectivity index is 1.44. The van der Waals surface area contributed by atoms with E-state index in [4.69, 9.17) is 4.74 Å². The number of imidazole rings is 1. The fourth-order valence-corrected chi connectivity index (χ4v) is 2.83. The van der Waals surface area contributed by atoms with Gasteiger partial charge in [0.05, 0.1) is 0 Å². The highest BCUT2D eigenvalue weighted by Gasteiger charge is 2.28. The van der Waals surface area contributed by atoms with Crippen molar-refractivity contribution in [2.24, 2.45) is 13.0 Å². The largest absolute Gasteiger partial charge is 0.445 e. The molecule has 2 amide bonds. The number of amides is 2. The first kappa shape index (κ1) is 17.0. The van der Waals surface area contributed by atoms with Crippen molar-refractivity contribution in [2.45, 2.75) is 19.4 Å². The minimum Gasteiger partial charge on any atom is -0.445 e. The molecule has 7 nitrogen and oxygen atoms in total. The number of likely N-dealkylation sites (tertiary alicyclic amines) is 1. The van der Waals surface area contributed by atoms with Crippen LogP contribution < -0.4 is 5.32 Å². The molecule has 1 fully saturated rings. The number of nitrogens with one attached hydrogen (secondary N) is 1. The predicted molar refractivity (Wildman–Crippen MR) is 92.8 cm³/mol. The first-order chi connectivity index (χ1) is 12.1. The van der Waals surface area contributed by atoms with E-state index >= 15 is 0 Å². The van der Waals surface area contributed by atoms with E-state index in [1.165, 1.54) is 0 Å². The Kier molecular flexibility index (Phi) is 5.33. The Labute approximate surface area is 146 Å². The van der Waals surface area contributed by atoms with Crippen LogP contribution in [0.2, 0.25) is 0 Å². The van der Waals surface area contributed by atoms with Crippen LogP contribution in [0.4, 0.5) is 10.7 Å². The Morgan fingerprint density at radius 1 is 1.24 bits per heavy atom. The van der Waals surface area contributed by atoms with Crippen LogP contribution in [0.15, 0.2) is 42.7 Å². The summed E-state index contributed by atoms with van der Waals surface area (Å²) in [7, 11) is 1.83. The lowest BCUT2D eigenvalue weighted by atomic mass is 9.96. The van der Waals surface area contributed by atoms with Gasteiger partial charge in [-0.3, -0.25) is 10.1 Å². The molecule has 7 heteroatoms. The standard InChI is InChI=1S/C18H22N4O3/c1-21-12-9-19-17(21)20-16(23)15-7-10-22(11-8-15)18(24)25-13-14-5-3-2-4-6-14/h2-6,9,12,15H,7-8,10-11,13H2,1H3,(H,19,20,23). The van der Waals surface area contributed by atoms with Gasteiger partial charge in [-0.05, 0) is 18.4 Å². The molecular formula is C18H22N4O3. The highest BCUT2D eigenvalue weighted by molar-refractivity contribution is 5.91. The number of anilines is 1. The zero-order valence-electron chi connectivity index (χ0n) is 14.2. The van der Waals surface area contributed by atoms with Gasteiger partial charge in [0.25, 0.3) is 0 Å². The van der Waals surface area contributed by atoms with Crippen molar-refractivity contribution in [3.05, 3.63) is 48.3 Å². The Morgan fingerprint density at radius 2 is 1.96 bits per heavy atom. The summed E-state index contributed by atoms with van der Waals surface area (Å²) >= 11 is 0. The van der Waals surface area contributed by atoms with Gasteiger partial charge >= 0.3 is 6.09 Å². The normalized spacial score (nSPS) is 15.0. The summed E-state index contributed by atoms with van der Waals surface area (Å²) in [5, 5.41) is 2.83. The van der Waals surface area contributed by atoms with Gasteiger partial charge in [0.2, 0.25) is 11.9 Å². The van der Waals surface area contributed by atoms with E-state index in [2.05, 4.69) is 10.3 Å². The molecule has 0 radical (unpaired) electrons. The highest BCUT2D eigenvalue weighted by Crippen LogP contribution is 2.20. The van der Waals surface area contributed by atoms with Crippen LogP contribution in [-0.4, -0.2) is 39.5 Å². The number of carbonyl (C=O) groups is 2. The number of aryl methyl sites for hydroxylation is 1. The quantitative estimate of drug-likeness (QED) is 0.926. The van der Waals surface area contributed by atoms with Gasteiger partial charge in [-0.1, -0.05) is 30.3 Å². The summed E-state index contributed by atoms with van der Waals surface area (Å²) in [5.74, 6) is 0.371. The molecular weight excluding hydrogens is 320 g/mol. The van der Waals surface area contributed by atoms with Gasteiger partial charge in [0, 0.05) is 38.4 Å². The molecule has 1 aliphatic heterocycles. The molecule has 3 rings (SSSR count). The van der Waals surface area contributed by atoms with E-state index in [9.17, 15) is 9.59 Å². The van der Waals surface area contributed by atoms with Gasteiger partial charge < -0.3 is 14.2 Å². The van der Waals surface area contributed by atoms with Crippen molar-refractivity contribution in [3.8, 4) is 0 Å². The SMILES string of the molecule is Cn1ccnc1NC(=O)C1CCN(C(=O)OCc2ccccc2)CC1. The molecule has 0 aliphatic carbocycles. The number of benzene rings is 1. The second kappa shape index (κ2) is 7.83. The Bertz CT molecular complexity index is 721. The molecule has 0 bridgehead atoms. The van der Waals surface area contributed by atoms with Crippen LogP contribution in [0.1, 0.15) is 18.4 Å². The fourth-order valence-electron chi connectivity index (χ4n) is 2.83. The van der Waals surface area contributed by atoms with Gasteiger partial charge in [0.1, 0.15) is 6.61 Å². The maximum absolute atomic E-state index is 12.3. The van der Waals surface area contributed by atoms with E-state index in [0.717, 1.165) is 5.56 Å². The molecule has 2 heterocycles. The van der Waals surface area contributed by atoms with Crippen molar-refractivity contribution in [1.82, 2.24) is 14.5 Å². The van der Waals surface area contributed by atoms with E-state index in [1.807, 2.05) is 37.4 Å². The third kappa shape index (κ3) is 4.37. The van der Waals surface area contributed by atoms with Crippen molar-refractivity contribution in [2.75, 3.05) is 18.4 Å². The topological polar surface area (TPSA) is 76.5 Å². The molecule has 0 spiro atoms. The van der Waals surface area contributed by atoms with E-state index in [1.54, 1.807) is 21.9 Å². The summed E-state index contributed by atoms with van der Waals surface area (Å²) in [6.07, 6.45) is 4.33. The molecule has 1 N–H and O–H groups in total. The second-order valence-corrected chi connectivity index (χ2v) is 6.15. The third-order valence-electron chi connectivity index (χ3n) is 4.39. The Hall–Kier alpha value is -2.83. The van der Waals surface area contributed by atoms with Crippen molar-refractivity contribution in [3.63, 3.8) is 0 Å². The summed E-state index contributed by atoms with van der Waals surface area (Å²) < 4.78 is 7.10. The zero-order valence-corrected chi connectivity index (χ0v) is 14.2. The maximum atomic E-state index is 12.3. The summed E-state index contributed by atoms with van der Waals surface area (Å²) in [4.78, 5) is 30.2. The third-order valence-corrected chi connectivity index (χ3v) is 4.39. The molecule has 1 saturated heterocycles. The van der Waals surface area contributed by atoms with Crippen molar-refractivity contribution >= 4 is 17.9 Å². The second-order valence-electron chi connectivity index (χ2n) is 6.15. The number of rotatable bonds is 4. The minimum absolute atomic E-state index is 0.0494. The predicted octanol–water partition coefficient (Wildman–Crippen LogP) is 2.41. The van der Waals surface area contributed by atoms with Crippen molar-refractivity contribution in [1.29, 1.82) is 0 Å². The molecule has 2 aromatic rings. The molecule has 1 aromatic heterocycles. The Morgan fingerprint density at radius 3 is 2.60 bits per heavy atom. The van der Waals surface area contributed by atoms with Crippen LogP contribution in [0.5, 0.6) is 0 Å². The van der Waals surface area contributed by atoms with Gasteiger partial charge in [-0.2, -0.15) is 0 Å². The van der Waals surface area contributed by atoms with Crippen LogP contribution >= 0.6 is 0 Å². The molecule has 0 saturated carbocycles. The summed E-state index contributed by atoms with van der Waals surface area (Å²) in [5.41, 5.74) is 0.959. The van der Waals surface area contributed by atoms with Gasteiger partial charge in [-0.15, -0.1) is 0 Å². The smallest absolute Gasteiger partial charge is 0.410 e. The molecule has 0 atom stereocenters. The number of hydrogen-bond donors (Lipinski definition) is 1. The first-order valence-electron chi connectivity index (χ1n) is 8.37. The van der Waals surface area contributed by atoms with E-state index < -0.39 is 0 Å². The van der Waals surface area contributed by atoms with Crippen LogP contribution in [0, 0.1) is 5.92 Å². The van der Waals surface area contributed by atoms with E-state index in [-0.39, 0.29) is 24.5 Å². The number of hydrogen-bond acceptors (Lipinski definition) is 4. The average Bonchev–Trinajstić information content (AvgIpc) is 3.05. The minimum atomic E-state index is -0.327. The molecule has 25 heavy (non-hydrogen) atoms.